The predicted molar refractivity (Wildman–Crippen MR) is 63.6 cm³/mol. The van der Waals surface area contributed by atoms with Crippen LogP contribution in [0.5, 0.6) is 0 Å². The summed E-state index contributed by atoms with van der Waals surface area (Å²) in [6, 6.07) is -0.0457. The largest absolute Gasteiger partial charge is 0.370 e. The molecule has 5 N–H and O–H groups in total. The standard InChI is InChI=1S/C11H23N3O2/c1-2-5-9(12)8-11(16)14-7-4-3-6-10(13)15/h9H,2-8,12H2,1H3,(H2,13,15)(H,14,16). The Bertz CT molecular complexity index is 219. The number of nitrogens with one attached hydrogen (secondary N) is 1. The Balaban J connectivity index is 3.40. The first kappa shape index (κ1) is 14.9. The summed E-state index contributed by atoms with van der Waals surface area (Å²) in [5, 5.41) is 2.77. The molecule has 0 rings (SSSR count). The number of hydrogen-bond acceptors (Lipinski definition) is 3. The highest BCUT2D eigenvalue weighted by molar-refractivity contribution is 5.76. The number of carbonyl (C=O) groups excluding carboxylic acids is 2. The van der Waals surface area contributed by atoms with Crippen LogP contribution in [0.15, 0.2) is 0 Å². The van der Waals surface area contributed by atoms with Crippen LogP contribution >= 0.6 is 0 Å². The van der Waals surface area contributed by atoms with Crippen molar-refractivity contribution in [1.82, 2.24) is 5.32 Å². The molecule has 0 saturated heterocycles. The molecule has 1 atom stereocenters. The van der Waals surface area contributed by atoms with Gasteiger partial charge in [0.25, 0.3) is 0 Å². The molecule has 0 aromatic carbocycles. The van der Waals surface area contributed by atoms with E-state index in [2.05, 4.69) is 5.32 Å². The topological polar surface area (TPSA) is 98.2 Å². The van der Waals surface area contributed by atoms with Gasteiger partial charge in [0.1, 0.15) is 0 Å². The molecule has 0 aliphatic rings. The van der Waals surface area contributed by atoms with Crippen molar-refractivity contribution in [2.24, 2.45) is 11.5 Å². The van der Waals surface area contributed by atoms with Crippen LogP contribution in [0.25, 0.3) is 0 Å². The molecule has 0 aromatic heterocycles. The molecule has 0 saturated carbocycles. The minimum Gasteiger partial charge on any atom is -0.370 e. The first-order valence-corrected chi connectivity index (χ1v) is 5.86. The number of primary amides is 1. The van der Waals surface area contributed by atoms with Crippen LogP contribution in [0, 0.1) is 0 Å². The molecule has 16 heavy (non-hydrogen) atoms. The highest BCUT2D eigenvalue weighted by Gasteiger charge is 2.07. The summed E-state index contributed by atoms with van der Waals surface area (Å²) in [6.07, 6.45) is 4.12. The summed E-state index contributed by atoms with van der Waals surface area (Å²) in [5.74, 6) is -0.309. The third-order valence-corrected chi connectivity index (χ3v) is 2.28. The maximum absolute atomic E-state index is 11.3. The number of unbranched alkanes of at least 4 members (excludes halogenated alkanes) is 1. The van der Waals surface area contributed by atoms with E-state index in [1.54, 1.807) is 0 Å². The summed E-state index contributed by atoms with van der Waals surface area (Å²) in [5.41, 5.74) is 10.7. The maximum Gasteiger partial charge on any atom is 0.221 e. The Kier molecular flexibility index (Phi) is 8.52. The first-order valence-electron chi connectivity index (χ1n) is 5.86. The van der Waals surface area contributed by atoms with Crippen LogP contribution in [-0.4, -0.2) is 24.4 Å². The van der Waals surface area contributed by atoms with Crippen molar-refractivity contribution in [2.45, 2.75) is 51.5 Å². The number of nitrogens with two attached hydrogens (primary N) is 2. The van der Waals surface area contributed by atoms with Gasteiger partial charge in [0, 0.05) is 25.4 Å². The summed E-state index contributed by atoms with van der Waals surface area (Å²) >= 11 is 0. The fourth-order valence-electron chi connectivity index (χ4n) is 1.44. The molecule has 0 radical (unpaired) electrons. The summed E-state index contributed by atoms with van der Waals surface area (Å²) < 4.78 is 0. The Morgan fingerprint density at radius 3 is 2.56 bits per heavy atom. The lowest BCUT2D eigenvalue weighted by Crippen LogP contribution is -2.32. The average Bonchev–Trinajstić information content (AvgIpc) is 2.16. The van der Waals surface area contributed by atoms with Crippen molar-refractivity contribution < 1.29 is 9.59 Å². The van der Waals surface area contributed by atoms with Crippen LogP contribution in [0.2, 0.25) is 0 Å². The SMILES string of the molecule is CCCC(N)CC(=O)NCCCCC(N)=O. The molecule has 0 spiro atoms. The zero-order valence-electron chi connectivity index (χ0n) is 10.00. The van der Waals surface area contributed by atoms with E-state index in [0.717, 1.165) is 25.7 Å². The molecule has 5 nitrogen and oxygen atoms in total. The van der Waals surface area contributed by atoms with E-state index in [-0.39, 0.29) is 17.9 Å². The Hall–Kier alpha value is -1.10. The van der Waals surface area contributed by atoms with Gasteiger partial charge in [-0.2, -0.15) is 0 Å². The second-order valence-electron chi connectivity index (χ2n) is 4.03. The molecule has 2 amide bonds. The van der Waals surface area contributed by atoms with Gasteiger partial charge in [0.05, 0.1) is 0 Å². The summed E-state index contributed by atoms with van der Waals surface area (Å²) in [4.78, 5) is 21.8. The molecule has 0 aliphatic carbocycles. The normalized spacial score (nSPS) is 12.1. The van der Waals surface area contributed by atoms with Gasteiger partial charge in [0.15, 0.2) is 0 Å². The number of amides is 2. The zero-order valence-corrected chi connectivity index (χ0v) is 10.00. The van der Waals surface area contributed by atoms with Gasteiger partial charge in [0.2, 0.25) is 11.8 Å². The molecule has 0 fully saturated rings. The Morgan fingerprint density at radius 2 is 2.00 bits per heavy atom. The molecule has 0 aromatic rings. The van der Waals surface area contributed by atoms with Gasteiger partial charge >= 0.3 is 0 Å². The van der Waals surface area contributed by atoms with Crippen LogP contribution in [0.4, 0.5) is 0 Å². The smallest absolute Gasteiger partial charge is 0.221 e. The lowest BCUT2D eigenvalue weighted by atomic mass is 10.1. The minimum atomic E-state index is -0.295. The van der Waals surface area contributed by atoms with Crippen molar-refractivity contribution in [3.63, 3.8) is 0 Å². The lowest BCUT2D eigenvalue weighted by Gasteiger charge is -2.10. The van der Waals surface area contributed by atoms with E-state index >= 15 is 0 Å². The minimum absolute atomic E-state index is 0.0139. The van der Waals surface area contributed by atoms with Gasteiger partial charge in [-0.15, -0.1) is 0 Å². The predicted octanol–water partition coefficient (Wildman–Crippen LogP) is 0.276. The number of hydrogen-bond donors (Lipinski definition) is 3. The van der Waals surface area contributed by atoms with Gasteiger partial charge in [-0.1, -0.05) is 13.3 Å². The Morgan fingerprint density at radius 1 is 1.31 bits per heavy atom. The summed E-state index contributed by atoms with van der Waals surface area (Å²) in [7, 11) is 0. The van der Waals surface area contributed by atoms with Gasteiger partial charge in [-0.3, -0.25) is 9.59 Å². The molecule has 94 valence electrons. The average molecular weight is 229 g/mol. The molecule has 0 aliphatic heterocycles. The highest BCUT2D eigenvalue weighted by atomic mass is 16.1. The van der Waals surface area contributed by atoms with E-state index in [1.807, 2.05) is 6.92 Å². The third kappa shape index (κ3) is 9.45. The van der Waals surface area contributed by atoms with Gasteiger partial charge < -0.3 is 16.8 Å². The van der Waals surface area contributed by atoms with E-state index < -0.39 is 0 Å². The lowest BCUT2D eigenvalue weighted by molar-refractivity contribution is -0.121. The van der Waals surface area contributed by atoms with Gasteiger partial charge in [-0.25, -0.2) is 0 Å². The van der Waals surface area contributed by atoms with Crippen LogP contribution < -0.4 is 16.8 Å². The van der Waals surface area contributed by atoms with E-state index in [9.17, 15) is 9.59 Å². The fraction of sp³-hybridized carbons (Fsp3) is 0.818. The molecule has 1 unspecified atom stereocenters. The molecular weight excluding hydrogens is 206 g/mol. The second kappa shape index (κ2) is 9.15. The summed E-state index contributed by atoms with van der Waals surface area (Å²) in [6.45, 7) is 2.63. The van der Waals surface area contributed by atoms with Crippen molar-refractivity contribution in [3.8, 4) is 0 Å². The van der Waals surface area contributed by atoms with E-state index in [1.165, 1.54) is 0 Å². The number of rotatable bonds is 9. The fourth-order valence-corrected chi connectivity index (χ4v) is 1.44. The van der Waals surface area contributed by atoms with Crippen molar-refractivity contribution in [1.29, 1.82) is 0 Å². The molecule has 0 heterocycles. The monoisotopic (exact) mass is 229 g/mol. The third-order valence-electron chi connectivity index (χ3n) is 2.28. The molecular formula is C11H23N3O2. The quantitative estimate of drug-likeness (QED) is 0.495. The van der Waals surface area contributed by atoms with Crippen molar-refractivity contribution in [2.75, 3.05) is 6.54 Å². The zero-order chi connectivity index (χ0) is 12.4. The van der Waals surface area contributed by atoms with Crippen LogP contribution in [0.3, 0.4) is 0 Å². The maximum atomic E-state index is 11.3. The van der Waals surface area contributed by atoms with E-state index in [4.69, 9.17) is 11.5 Å². The van der Waals surface area contributed by atoms with Crippen molar-refractivity contribution in [3.05, 3.63) is 0 Å². The molecule has 5 heteroatoms. The first-order chi connectivity index (χ1) is 7.56. The van der Waals surface area contributed by atoms with Crippen LogP contribution in [-0.2, 0) is 9.59 Å². The number of carbonyl (C=O) groups is 2. The second-order valence-corrected chi connectivity index (χ2v) is 4.03. The highest BCUT2D eigenvalue weighted by Crippen LogP contribution is 1.98. The van der Waals surface area contributed by atoms with Crippen LogP contribution in [0.1, 0.15) is 45.4 Å². The van der Waals surface area contributed by atoms with E-state index in [0.29, 0.717) is 19.4 Å². The van der Waals surface area contributed by atoms with Crippen molar-refractivity contribution >= 4 is 11.8 Å². The molecule has 0 bridgehead atoms. The van der Waals surface area contributed by atoms with Gasteiger partial charge in [-0.05, 0) is 19.3 Å². The Labute approximate surface area is 96.9 Å².